The van der Waals surface area contributed by atoms with Crippen LogP contribution in [0.2, 0.25) is 0 Å². The molecule has 0 saturated heterocycles. The lowest BCUT2D eigenvalue weighted by atomic mass is 10.4. The van der Waals surface area contributed by atoms with Gasteiger partial charge in [0.05, 0.1) is 5.25 Å². The Morgan fingerprint density at radius 1 is 1.50 bits per heavy atom. The van der Waals surface area contributed by atoms with Crippen LogP contribution in [0.1, 0.15) is 13.3 Å². The minimum absolute atomic E-state index is 0.130. The summed E-state index contributed by atoms with van der Waals surface area (Å²) in [4.78, 5) is 10.3. The lowest BCUT2D eigenvalue weighted by Crippen LogP contribution is -2.04. The van der Waals surface area contributed by atoms with Gasteiger partial charge in [0.2, 0.25) is 6.29 Å². The molecule has 0 saturated carbocycles. The zero-order valence-corrected chi connectivity index (χ0v) is 6.84. The van der Waals surface area contributed by atoms with Crippen molar-refractivity contribution in [2.24, 2.45) is 0 Å². The molecule has 55 valence electrons. The zero-order chi connectivity index (χ0) is 7.40. The molecule has 0 N–H and O–H groups in total. The largest absolute Gasteiger partial charge is 0.290 e. The second-order valence-corrected chi connectivity index (χ2v) is 4.29. The van der Waals surface area contributed by atoms with E-state index in [1.807, 2.05) is 19.1 Å². The fourth-order valence-corrected chi connectivity index (χ4v) is 2.57. The number of rotatable bonds is 3. The van der Waals surface area contributed by atoms with Crippen LogP contribution in [0.15, 0.2) is 23.0 Å². The molecule has 0 aromatic rings. The van der Waals surface area contributed by atoms with Crippen LogP contribution < -0.4 is 0 Å². The molecule has 0 amide bonds. The van der Waals surface area contributed by atoms with Gasteiger partial charge in [-0.25, -0.2) is 10.9 Å². The van der Waals surface area contributed by atoms with Gasteiger partial charge in [-0.3, -0.25) is 4.79 Å². The maximum Gasteiger partial charge on any atom is 0.211 e. The van der Waals surface area contributed by atoms with E-state index < -0.39 is 0 Å². The van der Waals surface area contributed by atoms with E-state index in [0.717, 1.165) is 6.42 Å². The van der Waals surface area contributed by atoms with E-state index in [2.05, 4.69) is 17.1 Å². The van der Waals surface area contributed by atoms with Gasteiger partial charge in [-0.05, 0) is 17.2 Å². The van der Waals surface area contributed by atoms with Crippen molar-refractivity contribution in [3.8, 4) is 0 Å². The van der Waals surface area contributed by atoms with Crippen molar-refractivity contribution in [2.75, 3.05) is 0 Å². The predicted octanol–water partition coefficient (Wildman–Crippen LogP) is 1.92. The van der Waals surface area contributed by atoms with Gasteiger partial charge in [-0.1, -0.05) is 19.1 Å². The highest BCUT2D eigenvalue weighted by Crippen LogP contribution is 2.38. The van der Waals surface area contributed by atoms with Crippen LogP contribution >= 0.6 is 10.9 Å². The van der Waals surface area contributed by atoms with Crippen molar-refractivity contribution in [1.82, 2.24) is 0 Å². The summed E-state index contributed by atoms with van der Waals surface area (Å²) < 4.78 is 0. The first-order valence-electron chi connectivity index (χ1n) is 3.38. The van der Waals surface area contributed by atoms with E-state index in [4.69, 9.17) is 0 Å². The molecule has 0 aromatic heterocycles. The Bertz CT molecular complexity index is 160. The zero-order valence-electron chi connectivity index (χ0n) is 5.95. The third kappa shape index (κ3) is 1.51. The number of hydrogen-bond acceptors (Lipinski definition) is 1. The SMILES string of the molecule is CCC([C]=O)[SH]1C=CC=C1. The minimum atomic E-state index is -0.293. The summed E-state index contributed by atoms with van der Waals surface area (Å²) in [6.45, 7) is 2.03. The Balaban J connectivity index is 2.53. The number of hydrogen-bond donors (Lipinski definition) is 1. The third-order valence-corrected chi connectivity index (χ3v) is 3.73. The van der Waals surface area contributed by atoms with Crippen LogP contribution in [0.25, 0.3) is 0 Å². The average Bonchev–Trinajstić information content (AvgIpc) is 2.43. The first-order chi connectivity index (χ1) is 4.88. The molecule has 2 heteroatoms. The smallest absolute Gasteiger partial charge is 0.211 e. The molecule has 1 nitrogen and oxygen atoms in total. The summed E-state index contributed by atoms with van der Waals surface area (Å²) in [6, 6.07) is 0. The Labute approximate surface area is 64.2 Å². The molecule has 1 heterocycles. The Hall–Kier alpha value is -0.500. The second kappa shape index (κ2) is 3.62. The van der Waals surface area contributed by atoms with Crippen molar-refractivity contribution in [1.29, 1.82) is 0 Å². The van der Waals surface area contributed by atoms with E-state index in [1.165, 1.54) is 0 Å². The van der Waals surface area contributed by atoms with Crippen LogP contribution in [0.3, 0.4) is 0 Å². The fourth-order valence-electron chi connectivity index (χ4n) is 0.911. The molecule has 0 spiro atoms. The predicted molar refractivity (Wildman–Crippen MR) is 47.0 cm³/mol. The minimum Gasteiger partial charge on any atom is -0.290 e. The molecule has 1 rings (SSSR count). The summed E-state index contributed by atoms with van der Waals surface area (Å²) in [7, 11) is -0.293. The molecule has 10 heavy (non-hydrogen) atoms. The van der Waals surface area contributed by atoms with Gasteiger partial charge in [0.1, 0.15) is 0 Å². The van der Waals surface area contributed by atoms with Crippen LogP contribution in [0.5, 0.6) is 0 Å². The summed E-state index contributed by atoms with van der Waals surface area (Å²) in [5.41, 5.74) is 0. The van der Waals surface area contributed by atoms with Gasteiger partial charge in [-0.15, -0.1) is 0 Å². The quantitative estimate of drug-likeness (QED) is 0.616. The van der Waals surface area contributed by atoms with Gasteiger partial charge in [0.15, 0.2) is 0 Å². The van der Waals surface area contributed by atoms with Gasteiger partial charge >= 0.3 is 0 Å². The van der Waals surface area contributed by atoms with Crippen LogP contribution in [-0.2, 0) is 4.79 Å². The Morgan fingerprint density at radius 2 is 2.10 bits per heavy atom. The Morgan fingerprint density at radius 3 is 2.50 bits per heavy atom. The summed E-state index contributed by atoms with van der Waals surface area (Å²) in [5, 5.41) is 4.34. The average molecular weight is 155 g/mol. The summed E-state index contributed by atoms with van der Waals surface area (Å²) in [6.07, 6.45) is 6.99. The lowest BCUT2D eigenvalue weighted by Gasteiger charge is -2.14. The normalized spacial score (nSPS) is 21.5. The van der Waals surface area contributed by atoms with Crippen molar-refractivity contribution >= 4 is 17.2 Å². The highest BCUT2D eigenvalue weighted by atomic mass is 32.2. The highest BCUT2D eigenvalue weighted by Gasteiger charge is 2.11. The van der Waals surface area contributed by atoms with E-state index in [9.17, 15) is 4.79 Å². The molecule has 0 bridgehead atoms. The van der Waals surface area contributed by atoms with Crippen molar-refractivity contribution in [2.45, 2.75) is 18.6 Å². The second-order valence-electron chi connectivity index (χ2n) is 2.17. The van der Waals surface area contributed by atoms with Crippen LogP contribution in [0, 0.1) is 0 Å². The van der Waals surface area contributed by atoms with Crippen molar-refractivity contribution in [3.63, 3.8) is 0 Å². The maximum absolute atomic E-state index is 10.3. The molecular weight excluding hydrogens is 144 g/mol. The summed E-state index contributed by atoms with van der Waals surface area (Å²) >= 11 is 0. The standard InChI is InChI=1S/C8H11OS/c1-2-8(7-9)10-5-3-4-6-10/h3-6,8,10H,2H2,1H3. The van der Waals surface area contributed by atoms with Gasteiger partial charge in [0, 0.05) is 0 Å². The van der Waals surface area contributed by atoms with E-state index in [1.54, 1.807) is 0 Å². The highest BCUT2D eigenvalue weighted by molar-refractivity contribution is 8.23. The molecule has 1 unspecified atom stereocenters. The molecular formula is C8H11OS. The molecule has 1 aliphatic rings. The Kier molecular flexibility index (Phi) is 2.75. The topological polar surface area (TPSA) is 17.1 Å². The number of allylic oxidation sites excluding steroid dienone is 2. The molecule has 1 radical (unpaired) electrons. The third-order valence-electron chi connectivity index (χ3n) is 1.51. The van der Waals surface area contributed by atoms with Crippen molar-refractivity contribution in [3.05, 3.63) is 23.0 Å². The van der Waals surface area contributed by atoms with Gasteiger partial charge in [0.25, 0.3) is 0 Å². The van der Waals surface area contributed by atoms with Crippen LogP contribution in [-0.4, -0.2) is 11.5 Å². The number of thiol groups is 1. The molecule has 1 aliphatic heterocycles. The van der Waals surface area contributed by atoms with E-state index >= 15 is 0 Å². The fraction of sp³-hybridized carbons (Fsp3) is 0.375. The van der Waals surface area contributed by atoms with Crippen LogP contribution in [0.4, 0.5) is 0 Å². The van der Waals surface area contributed by atoms with E-state index in [-0.39, 0.29) is 16.1 Å². The first-order valence-corrected chi connectivity index (χ1v) is 4.93. The van der Waals surface area contributed by atoms with Crippen molar-refractivity contribution < 1.29 is 4.79 Å². The van der Waals surface area contributed by atoms with E-state index in [0.29, 0.717) is 0 Å². The molecule has 1 atom stereocenters. The monoisotopic (exact) mass is 155 g/mol. The molecule has 0 fully saturated rings. The maximum atomic E-state index is 10.3. The number of carbonyl (C=O) groups excluding carboxylic acids is 1. The lowest BCUT2D eigenvalue weighted by molar-refractivity contribution is 0.552. The summed E-state index contributed by atoms with van der Waals surface area (Å²) in [5.74, 6) is 0. The van der Waals surface area contributed by atoms with Gasteiger partial charge < -0.3 is 0 Å². The molecule has 0 aromatic carbocycles. The first kappa shape index (κ1) is 7.61. The molecule has 0 aliphatic carbocycles. The van der Waals surface area contributed by atoms with Gasteiger partial charge in [-0.2, -0.15) is 0 Å².